The van der Waals surface area contributed by atoms with Crippen LogP contribution in [0, 0.1) is 11.7 Å². The highest BCUT2D eigenvalue weighted by Gasteiger charge is 2.30. The van der Waals surface area contributed by atoms with E-state index in [1.54, 1.807) is 18.2 Å². The zero-order chi connectivity index (χ0) is 25.2. The van der Waals surface area contributed by atoms with E-state index in [1.165, 1.54) is 13.2 Å². The topological polar surface area (TPSA) is 131 Å². The Labute approximate surface area is 186 Å². The first-order valence-electron chi connectivity index (χ1n) is 11.1. The van der Waals surface area contributed by atoms with Crippen LogP contribution in [0.5, 0.6) is 5.75 Å². The molecule has 4 rings (SSSR count). The van der Waals surface area contributed by atoms with Crippen LogP contribution < -0.4 is 20.7 Å². The number of hydrogen-bond acceptors (Lipinski definition) is 8. The molecule has 0 aliphatic heterocycles. The molecule has 0 radical (unpaired) electrons. The van der Waals surface area contributed by atoms with Gasteiger partial charge in [-0.25, -0.2) is 14.4 Å². The number of aromatic nitrogens is 4. The molecule has 0 atom stereocenters. The van der Waals surface area contributed by atoms with Crippen LogP contribution in [-0.4, -0.2) is 46.1 Å². The van der Waals surface area contributed by atoms with E-state index in [-0.39, 0.29) is 40.6 Å². The van der Waals surface area contributed by atoms with Crippen molar-refractivity contribution in [3.8, 4) is 17.1 Å². The van der Waals surface area contributed by atoms with Gasteiger partial charge >= 0.3 is 0 Å². The summed E-state index contributed by atoms with van der Waals surface area (Å²) in [7, 11) is 1.40. The number of ether oxygens (including phenoxy) is 1. The summed E-state index contributed by atoms with van der Waals surface area (Å²) < 4.78 is 40.7. The van der Waals surface area contributed by atoms with Gasteiger partial charge in [-0.05, 0) is 25.0 Å². The van der Waals surface area contributed by atoms with E-state index in [2.05, 4.69) is 30.8 Å². The number of anilines is 3. The molecule has 0 unspecified atom stereocenters. The van der Waals surface area contributed by atoms with Crippen molar-refractivity contribution < 1.29 is 22.8 Å². The summed E-state index contributed by atoms with van der Waals surface area (Å²) in [5, 5.41) is 15.2. The largest absolute Gasteiger partial charge is 0.494 e. The van der Waals surface area contributed by atoms with Crippen LogP contribution in [0.25, 0.3) is 11.4 Å². The minimum absolute atomic E-state index is 0.0586. The quantitative estimate of drug-likeness (QED) is 0.511. The molecule has 1 aliphatic rings. The highest BCUT2D eigenvalue weighted by molar-refractivity contribution is 6.00. The molecule has 1 aliphatic carbocycles. The van der Waals surface area contributed by atoms with Crippen molar-refractivity contribution in [3.05, 3.63) is 48.2 Å². The van der Waals surface area contributed by atoms with Gasteiger partial charge < -0.3 is 20.7 Å². The molecule has 2 amide bonds. The molecule has 0 saturated heterocycles. The molecule has 0 spiro atoms. The van der Waals surface area contributed by atoms with Crippen molar-refractivity contribution in [2.24, 2.45) is 5.92 Å². The predicted octanol–water partition coefficient (Wildman–Crippen LogP) is 2.53. The van der Waals surface area contributed by atoms with Gasteiger partial charge in [0.2, 0.25) is 5.91 Å². The molecule has 1 saturated carbocycles. The Kier molecular flexibility index (Phi) is 4.88. The second-order valence-corrected chi connectivity index (χ2v) is 6.95. The van der Waals surface area contributed by atoms with Crippen molar-refractivity contribution in [1.82, 2.24) is 25.5 Å². The summed E-state index contributed by atoms with van der Waals surface area (Å²) in [4.78, 5) is 32.7. The maximum atomic E-state index is 13.3. The minimum atomic E-state index is -2.76. The van der Waals surface area contributed by atoms with E-state index in [0.29, 0.717) is 11.3 Å². The zero-order valence-corrected chi connectivity index (χ0v) is 16.8. The minimum Gasteiger partial charge on any atom is -0.494 e. The average Bonchev–Trinajstić information content (AvgIpc) is 3.64. The fourth-order valence-electron chi connectivity index (χ4n) is 2.98. The lowest BCUT2D eigenvalue weighted by atomic mass is 10.1. The first-order chi connectivity index (χ1) is 16.6. The van der Waals surface area contributed by atoms with Crippen LogP contribution in [-0.2, 0) is 4.79 Å². The number of nitrogens with zero attached hydrogens (tertiary/aromatic N) is 4. The Bertz CT molecular complexity index is 1270. The molecule has 3 N–H and O–H groups in total. The number of hydrogen-bond donors (Lipinski definition) is 3. The molecule has 164 valence electrons. The molecule has 2 aromatic heterocycles. The van der Waals surface area contributed by atoms with Gasteiger partial charge in [0, 0.05) is 23.1 Å². The third-order valence-corrected chi connectivity index (χ3v) is 4.67. The Morgan fingerprint density at radius 3 is 2.66 bits per heavy atom. The first-order valence-corrected chi connectivity index (χ1v) is 9.57. The van der Waals surface area contributed by atoms with Crippen LogP contribution in [0.15, 0.2) is 36.7 Å². The van der Waals surface area contributed by atoms with Gasteiger partial charge in [0.15, 0.2) is 28.9 Å². The van der Waals surface area contributed by atoms with Crippen LogP contribution in [0.3, 0.4) is 0 Å². The second-order valence-electron chi connectivity index (χ2n) is 6.95. The molecule has 10 nitrogen and oxygen atoms in total. The number of para-hydroxylation sites is 1. The number of carbonyl (C=O) groups is 2. The molecular formula is C21H20FN7O3. The standard InChI is InChI=1S/C21H20FN7O3/c1-23-21(31)17-15(8-16(28-29-17)27-20(30)11-6-7-11)26-14-5-3-4-13(18(14)32-2)19-24-9-12(22)10-25-19/h3-5,8-11H,6-7H2,1-2H3,(H,23,31)(H2,26,27,28,30)/i1D3. The summed E-state index contributed by atoms with van der Waals surface area (Å²) in [6.07, 6.45) is 3.58. The summed E-state index contributed by atoms with van der Waals surface area (Å²) in [6.45, 7) is -2.76. The van der Waals surface area contributed by atoms with Crippen LogP contribution in [0.1, 0.15) is 27.4 Å². The van der Waals surface area contributed by atoms with Gasteiger partial charge in [-0.2, -0.15) is 0 Å². The lowest BCUT2D eigenvalue weighted by Gasteiger charge is -2.16. The number of carbonyl (C=O) groups excluding carboxylic acids is 2. The fourth-order valence-corrected chi connectivity index (χ4v) is 2.98. The molecule has 0 bridgehead atoms. The lowest BCUT2D eigenvalue weighted by Crippen LogP contribution is -2.22. The molecule has 2 heterocycles. The number of methoxy groups -OCH3 is 1. The fraction of sp³-hybridized carbons (Fsp3) is 0.238. The van der Waals surface area contributed by atoms with E-state index in [1.807, 2.05) is 5.32 Å². The highest BCUT2D eigenvalue weighted by Crippen LogP contribution is 2.37. The van der Waals surface area contributed by atoms with Gasteiger partial charge in [-0.15, -0.1) is 10.2 Å². The van der Waals surface area contributed by atoms with Gasteiger partial charge in [0.25, 0.3) is 5.91 Å². The number of halogens is 1. The maximum absolute atomic E-state index is 13.3. The number of nitrogens with one attached hydrogen (secondary N) is 3. The van der Waals surface area contributed by atoms with Gasteiger partial charge in [0.05, 0.1) is 36.4 Å². The summed E-state index contributed by atoms with van der Waals surface area (Å²) in [5.41, 5.74) is 0.503. The van der Waals surface area contributed by atoms with Gasteiger partial charge in [-0.1, -0.05) is 6.07 Å². The Morgan fingerprint density at radius 1 is 1.19 bits per heavy atom. The average molecular weight is 440 g/mol. The third kappa shape index (κ3) is 4.46. The Hall–Kier alpha value is -4.15. The number of amides is 2. The zero-order valence-electron chi connectivity index (χ0n) is 19.8. The summed E-state index contributed by atoms with van der Waals surface area (Å²) >= 11 is 0. The van der Waals surface area contributed by atoms with Crippen LogP contribution >= 0.6 is 0 Å². The molecular weight excluding hydrogens is 417 g/mol. The SMILES string of the molecule is [2H]C([2H])([2H])NC(=O)c1nnc(NC(=O)C2CC2)cc1Nc1cccc(-c2ncc(F)cn2)c1OC. The van der Waals surface area contributed by atoms with E-state index in [4.69, 9.17) is 8.85 Å². The molecule has 11 heteroatoms. The normalized spacial score (nSPS) is 14.5. The lowest BCUT2D eigenvalue weighted by molar-refractivity contribution is -0.117. The first kappa shape index (κ1) is 17.5. The molecule has 1 aromatic carbocycles. The van der Waals surface area contributed by atoms with Gasteiger partial charge in [0.1, 0.15) is 0 Å². The van der Waals surface area contributed by atoms with E-state index >= 15 is 0 Å². The molecule has 32 heavy (non-hydrogen) atoms. The van der Waals surface area contributed by atoms with Crippen molar-refractivity contribution >= 4 is 29.0 Å². The Balaban J connectivity index is 1.72. The highest BCUT2D eigenvalue weighted by atomic mass is 19.1. The van der Waals surface area contributed by atoms with Crippen molar-refractivity contribution in [2.45, 2.75) is 12.8 Å². The second kappa shape index (κ2) is 8.92. The number of rotatable bonds is 7. The predicted molar refractivity (Wildman–Crippen MR) is 114 cm³/mol. The van der Waals surface area contributed by atoms with E-state index in [0.717, 1.165) is 25.2 Å². The van der Waals surface area contributed by atoms with Crippen molar-refractivity contribution in [3.63, 3.8) is 0 Å². The third-order valence-electron chi connectivity index (χ3n) is 4.67. The Morgan fingerprint density at radius 2 is 1.97 bits per heavy atom. The van der Waals surface area contributed by atoms with E-state index in [9.17, 15) is 14.0 Å². The van der Waals surface area contributed by atoms with Crippen LogP contribution in [0.4, 0.5) is 21.6 Å². The number of benzene rings is 1. The summed E-state index contributed by atoms with van der Waals surface area (Å²) in [6, 6.07) is 6.30. The smallest absolute Gasteiger partial charge is 0.273 e. The van der Waals surface area contributed by atoms with Gasteiger partial charge in [-0.3, -0.25) is 9.59 Å². The van der Waals surface area contributed by atoms with Crippen molar-refractivity contribution in [2.75, 3.05) is 24.7 Å². The van der Waals surface area contributed by atoms with Crippen molar-refractivity contribution in [1.29, 1.82) is 0 Å². The maximum Gasteiger partial charge on any atom is 0.273 e. The van der Waals surface area contributed by atoms with E-state index < -0.39 is 18.7 Å². The molecule has 3 aromatic rings. The summed E-state index contributed by atoms with van der Waals surface area (Å²) in [5.74, 6) is -1.39. The van der Waals surface area contributed by atoms with Crippen LogP contribution in [0.2, 0.25) is 0 Å². The monoisotopic (exact) mass is 440 g/mol. The molecule has 1 fully saturated rings.